The molecule has 3 aromatic heterocycles. The Morgan fingerprint density at radius 2 is 2.06 bits per heavy atom. The van der Waals surface area contributed by atoms with Crippen molar-refractivity contribution in [2.24, 2.45) is 0 Å². The summed E-state index contributed by atoms with van der Waals surface area (Å²) in [6.45, 7) is 2.32. The van der Waals surface area contributed by atoms with E-state index in [1.165, 1.54) is 15.6 Å². The van der Waals surface area contributed by atoms with Crippen molar-refractivity contribution in [3.63, 3.8) is 0 Å². The van der Waals surface area contributed by atoms with Gasteiger partial charge in [-0.3, -0.25) is 4.79 Å². The third kappa shape index (κ3) is 3.55. The van der Waals surface area contributed by atoms with Gasteiger partial charge in [0.2, 0.25) is 17.8 Å². The first kappa shape index (κ1) is 21.5. The fraction of sp³-hybridized carbons (Fsp3) is 0.286. The van der Waals surface area contributed by atoms with Crippen molar-refractivity contribution >= 4 is 54.6 Å². The molecule has 0 aliphatic carbocycles. The number of thiazole rings is 1. The molecule has 6 rings (SSSR count). The van der Waals surface area contributed by atoms with Crippen LogP contribution >= 0.6 is 22.7 Å². The molecule has 0 bridgehead atoms. The smallest absolute Gasteiger partial charge is 0.253 e. The molecule has 10 nitrogen and oxygen atoms in total. The second-order valence-electron chi connectivity index (χ2n) is 7.95. The lowest BCUT2D eigenvalue weighted by atomic mass is 10.2. The molecule has 1 fully saturated rings. The molecule has 0 saturated carbocycles. The van der Waals surface area contributed by atoms with E-state index in [1.807, 2.05) is 19.1 Å². The maximum absolute atomic E-state index is 13.2. The largest absolute Gasteiger partial charge is 0.454 e. The zero-order valence-electron chi connectivity index (χ0n) is 17.9. The van der Waals surface area contributed by atoms with E-state index in [-0.39, 0.29) is 16.9 Å². The monoisotopic (exact) mass is 517 g/mol. The Balaban J connectivity index is 1.29. The van der Waals surface area contributed by atoms with Crippen molar-refractivity contribution in [3.8, 4) is 16.6 Å². The van der Waals surface area contributed by atoms with Crippen LogP contribution in [0.4, 0.5) is 5.82 Å². The van der Waals surface area contributed by atoms with E-state index < -0.39 is 16.1 Å². The van der Waals surface area contributed by atoms with Crippen molar-refractivity contribution in [3.05, 3.63) is 41.4 Å². The highest BCUT2D eigenvalue weighted by atomic mass is 32.2. The minimum atomic E-state index is -3.73. The Bertz CT molecular complexity index is 1470. The lowest BCUT2D eigenvalue weighted by molar-refractivity contribution is -0.119. The summed E-state index contributed by atoms with van der Waals surface area (Å²) in [6.07, 6.45) is 1.07. The van der Waals surface area contributed by atoms with Gasteiger partial charge in [0.25, 0.3) is 10.0 Å². The van der Waals surface area contributed by atoms with E-state index in [4.69, 9.17) is 9.47 Å². The number of anilines is 1. The molecule has 0 spiro atoms. The minimum absolute atomic E-state index is 0.189. The molecule has 34 heavy (non-hydrogen) atoms. The van der Waals surface area contributed by atoms with Crippen molar-refractivity contribution in [1.29, 1.82) is 0 Å². The maximum atomic E-state index is 13.2. The summed E-state index contributed by atoms with van der Waals surface area (Å²) in [7, 11) is -3.73. The highest BCUT2D eigenvalue weighted by molar-refractivity contribution is 7.91. The number of ether oxygens (including phenoxy) is 2. The fourth-order valence-corrected chi connectivity index (χ4v) is 7.87. The molecule has 4 aromatic rings. The molecule has 5 heterocycles. The van der Waals surface area contributed by atoms with E-state index in [9.17, 15) is 13.2 Å². The third-order valence-electron chi connectivity index (χ3n) is 5.70. The maximum Gasteiger partial charge on any atom is 0.253 e. The lowest BCUT2D eigenvalue weighted by Gasteiger charge is -2.22. The number of aryl methyl sites for hydroxylation is 1. The predicted molar refractivity (Wildman–Crippen MR) is 127 cm³/mol. The molecule has 1 aromatic carbocycles. The summed E-state index contributed by atoms with van der Waals surface area (Å²) in [4.78, 5) is 17.9. The number of hydrogen-bond donors (Lipinski definition) is 1. The number of thiophene rings is 1. The summed E-state index contributed by atoms with van der Waals surface area (Å²) in [5.74, 6) is 1.35. The molecule has 13 heteroatoms. The molecular formula is C21H19N5O5S3. The van der Waals surface area contributed by atoms with Gasteiger partial charge in [-0.15, -0.1) is 11.3 Å². The molecule has 2 aliphatic rings. The topological polar surface area (TPSA) is 116 Å². The van der Waals surface area contributed by atoms with Crippen molar-refractivity contribution in [2.75, 3.05) is 18.7 Å². The van der Waals surface area contributed by atoms with Gasteiger partial charge in [0.15, 0.2) is 11.5 Å². The third-order valence-corrected chi connectivity index (χ3v) is 9.97. The number of benzene rings is 1. The Labute approximate surface area is 202 Å². The van der Waals surface area contributed by atoms with Crippen molar-refractivity contribution < 1.29 is 22.7 Å². The summed E-state index contributed by atoms with van der Waals surface area (Å²) >= 11 is 2.55. The Morgan fingerprint density at radius 3 is 2.85 bits per heavy atom. The minimum Gasteiger partial charge on any atom is -0.454 e. The zero-order valence-corrected chi connectivity index (χ0v) is 20.4. The van der Waals surface area contributed by atoms with E-state index in [1.54, 1.807) is 28.3 Å². The summed E-state index contributed by atoms with van der Waals surface area (Å²) < 4.78 is 41.0. The van der Waals surface area contributed by atoms with Crippen molar-refractivity contribution in [1.82, 2.24) is 19.1 Å². The number of fused-ring (bicyclic) bond motifs is 2. The molecule has 1 amide bonds. The number of nitrogens with zero attached hydrogens (tertiary/aromatic N) is 4. The standard InChI is InChI=1S/C21H19N5O5S3/c1-12-8-18(23-20(27)14-4-2-6-25(14)34(28,29)19-5-3-7-32-19)26(24-12)21-22-13-9-15-16(31-11-30-15)10-17(13)33-21/h3,5,7-10,14H,2,4,6,11H2,1H3,(H,23,27). The van der Waals surface area contributed by atoms with Crippen LogP contribution in [-0.2, 0) is 14.8 Å². The molecule has 1 atom stereocenters. The quantitative estimate of drug-likeness (QED) is 0.431. The number of hydrogen-bond acceptors (Lipinski definition) is 9. The first-order valence-corrected chi connectivity index (χ1v) is 13.7. The summed E-state index contributed by atoms with van der Waals surface area (Å²) in [5.41, 5.74) is 1.43. The van der Waals surface area contributed by atoms with Crippen LogP contribution in [0, 0.1) is 6.92 Å². The van der Waals surface area contributed by atoms with Gasteiger partial charge in [0, 0.05) is 24.7 Å². The van der Waals surface area contributed by atoms with Gasteiger partial charge in [-0.2, -0.15) is 14.1 Å². The second kappa shape index (κ2) is 8.05. The number of aromatic nitrogens is 3. The van der Waals surface area contributed by atoms with E-state index in [2.05, 4.69) is 15.4 Å². The normalized spacial score (nSPS) is 18.1. The van der Waals surface area contributed by atoms with E-state index in [0.717, 1.165) is 21.6 Å². The number of rotatable bonds is 5. The molecule has 1 unspecified atom stereocenters. The number of carbonyl (C=O) groups is 1. The van der Waals surface area contributed by atoms with E-state index in [0.29, 0.717) is 47.5 Å². The van der Waals surface area contributed by atoms with Crippen LogP contribution < -0.4 is 14.8 Å². The number of carbonyl (C=O) groups excluding carboxylic acids is 1. The van der Waals surface area contributed by atoms with Gasteiger partial charge in [0.05, 0.1) is 15.9 Å². The molecule has 0 radical (unpaired) electrons. The number of sulfonamides is 1. The van der Waals surface area contributed by atoms with Gasteiger partial charge in [-0.25, -0.2) is 13.4 Å². The first-order chi connectivity index (χ1) is 16.4. The number of nitrogens with one attached hydrogen (secondary N) is 1. The van der Waals surface area contributed by atoms with Crippen LogP contribution in [0.25, 0.3) is 15.3 Å². The van der Waals surface area contributed by atoms with Crippen LogP contribution in [0.15, 0.2) is 39.9 Å². The molecule has 176 valence electrons. The van der Waals surface area contributed by atoms with Crippen LogP contribution in [-0.4, -0.2) is 52.8 Å². The van der Waals surface area contributed by atoms with Crippen LogP contribution in [0.1, 0.15) is 18.5 Å². The number of amides is 1. The van der Waals surface area contributed by atoms with Gasteiger partial charge in [-0.1, -0.05) is 17.4 Å². The van der Waals surface area contributed by atoms with Crippen LogP contribution in [0.3, 0.4) is 0 Å². The first-order valence-electron chi connectivity index (χ1n) is 10.5. The molecular weight excluding hydrogens is 498 g/mol. The van der Waals surface area contributed by atoms with Gasteiger partial charge in [-0.05, 0) is 31.2 Å². The Morgan fingerprint density at radius 1 is 1.24 bits per heavy atom. The average molecular weight is 518 g/mol. The highest BCUT2D eigenvalue weighted by Crippen LogP contribution is 2.39. The van der Waals surface area contributed by atoms with Crippen LogP contribution in [0.2, 0.25) is 0 Å². The average Bonchev–Trinajstić information content (AvgIpc) is 3.62. The SMILES string of the molecule is Cc1cc(NC(=O)C2CCCN2S(=O)(=O)c2cccs2)n(-c2nc3cc4c(cc3s2)OCO4)n1. The Kier molecular flexibility index (Phi) is 5.09. The predicted octanol–water partition coefficient (Wildman–Crippen LogP) is 3.37. The van der Waals surface area contributed by atoms with Gasteiger partial charge in [0.1, 0.15) is 16.1 Å². The van der Waals surface area contributed by atoms with Gasteiger partial charge < -0.3 is 14.8 Å². The van der Waals surface area contributed by atoms with E-state index >= 15 is 0 Å². The Hall–Kier alpha value is -3.00. The summed E-state index contributed by atoms with van der Waals surface area (Å²) in [5, 5.41) is 9.66. The fourth-order valence-electron chi connectivity index (χ4n) is 4.16. The van der Waals surface area contributed by atoms with Crippen LogP contribution in [0.5, 0.6) is 11.5 Å². The second-order valence-corrected chi connectivity index (χ2v) is 12.0. The molecule has 1 saturated heterocycles. The van der Waals surface area contributed by atoms with Gasteiger partial charge >= 0.3 is 0 Å². The molecule has 2 aliphatic heterocycles. The lowest BCUT2D eigenvalue weighted by Crippen LogP contribution is -2.43. The molecule has 1 N–H and O–H groups in total. The zero-order chi connectivity index (χ0) is 23.4. The van der Waals surface area contributed by atoms with Crippen molar-refractivity contribution in [2.45, 2.75) is 30.0 Å². The highest BCUT2D eigenvalue weighted by Gasteiger charge is 2.40. The summed E-state index contributed by atoms with van der Waals surface area (Å²) in [6, 6.07) is 7.89.